The first-order valence-electron chi connectivity index (χ1n) is 7.43. The molecule has 5 nitrogen and oxygen atoms in total. The summed E-state index contributed by atoms with van der Waals surface area (Å²) in [6.07, 6.45) is 1.55. The Labute approximate surface area is 159 Å². The lowest BCUT2D eigenvalue weighted by molar-refractivity contribution is -0.120. The number of rotatable bonds is 4. The van der Waals surface area contributed by atoms with Crippen LogP contribution in [0.5, 0.6) is 0 Å². The fraction of sp³-hybridized carbons (Fsp3) is 0.176. The number of carbonyl (C=O) groups is 1. The zero-order valence-electron chi connectivity index (χ0n) is 13.6. The quantitative estimate of drug-likeness (QED) is 0.693. The number of benzene rings is 1. The maximum atomic E-state index is 12.7. The Morgan fingerprint density at radius 1 is 1.32 bits per heavy atom. The number of anilines is 1. The van der Waals surface area contributed by atoms with E-state index in [-0.39, 0.29) is 5.91 Å². The van der Waals surface area contributed by atoms with Gasteiger partial charge in [0.1, 0.15) is 9.88 Å². The molecule has 0 spiro atoms. The maximum absolute atomic E-state index is 12.7. The summed E-state index contributed by atoms with van der Waals surface area (Å²) in [6.45, 7) is 1.67. The van der Waals surface area contributed by atoms with Gasteiger partial charge in [0.05, 0.1) is 21.9 Å². The van der Waals surface area contributed by atoms with E-state index in [2.05, 4.69) is 10.4 Å². The molecule has 0 aliphatic rings. The highest BCUT2D eigenvalue weighted by atomic mass is 35.5. The van der Waals surface area contributed by atoms with E-state index < -0.39 is 5.54 Å². The van der Waals surface area contributed by atoms with E-state index in [4.69, 9.17) is 28.9 Å². The van der Waals surface area contributed by atoms with E-state index in [9.17, 15) is 4.79 Å². The van der Waals surface area contributed by atoms with E-state index >= 15 is 0 Å². The number of amides is 1. The minimum Gasteiger partial charge on any atom is -0.316 e. The second kappa shape index (κ2) is 6.80. The SMILES string of the molecule is Cn1ncc(Cl)c1-c1cc(NC(=O)C(C)(N)c2ccccc2)sc1Cl. The van der Waals surface area contributed by atoms with Crippen LogP contribution < -0.4 is 11.1 Å². The molecule has 0 bridgehead atoms. The van der Waals surface area contributed by atoms with Crippen molar-refractivity contribution in [2.75, 3.05) is 5.32 Å². The van der Waals surface area contributed by atoms with Crippen molar-refractivity contribution in [2.24, 2.45) is 12.8 Å². The van der Waals surface area contributed by atoms with Crippen LogP contribution in [0.3, 0.4) is 0 Å². The number of carbonyl (C=O) groups excluding carboxylic acids is 1. The zero-order chi connectivity index (χ0) is 18.2. The van der Waals surface area contributed by atoms with Crippen molar-refractivity contribution in [3.8, 4) is 11.3 Å². The number of nitrogens with zero attached hydrogens (tertiary/aromatic N) is 2. The third-order valence-electron chi connectivity index (χ3n) is 3.92. The number of hydrogen-bond donors (Lipinski definition) is 2. The van der Waals surface area contributed by atoms with Crippen molar-refractivity contribution in [1.29, 1.82) is 0 Å². The summed E-state index contributed by atoms with van der Waals surface area (Å²) in [4.78, 5) is 12.7. The fourth-order valence-corrected chi connectivity index (χ4v) is 3.90. The highest BCUT2D eigenvalue weighted by Crippen LogP contribution is 2.41. The minimum absolute atomic E-state index is 0.320. The molecule has 0 aliphatic carbocycles. The Balaban J connectivity index is 1.87. The van der Waals surface area contributed by atoms with Crippen molar-refractivity contribution in [1.82, 2.24) is 9.78 Å². The van der Waals surface area contributed by atoms with Crippen molar-refractivity contribution >= 4 is 45.4 Å². The van der Waals surface area contributed by atoms with E-state index in [0.29, 0.717) is 25.6 Å². The molecule has 0 aliphatic heterocycles. The Hall–Kier alpha value is -1.86. The van der Waals surface area contributed by atoms with E-state index in [1.165, 1.54) is 11.3 Å². The highest BCUT2D eigenvalue weighted by Gasteiger charge is 2.31. The average molecular weight is 395 g/mol. The normalized spacial score (nSPS) is 13.5. The predicted molar refractivity (Wildman–Crippen MR) is 103 cm³/mol. The molecule has 2 heterocycles. The van der Waals surface area contributed by atoms with E-state index in [1.807, 2.05) is 30.3 Å². The van der Waals surface area contributed by atoms with Gasteiger partial charge in [0.25, 0.3) is 0 Å². The van der Waals surface area contributed by atoms with Crippen molar-refractivity contribution in [3.63, 3.8) is 0 Å². The summed E-state index contributed by atoms with van der Waals surface area (Å²) in [5.74, 6) is -0.320. The predicted octanol–water partition coefficient (Wildman–Crippen LogP) is 4.27. The first-order chi connectivity index (χ1) is 11.8. The summed E-state index contributed by atoms with van der Waals surface area (Å²) >= 11 is 13.8. The van der Waals surface area contributed by atoms with Crippen molar-refractivity contribution in [2.45, 2.75) is 12.5 Å². The molecule has 2 aromatic heterocycles. The molecule has 0 saturated carbocycles. The van der Waals surface area contributed by atoms with Crippen LogP contribution in [-0.4, -0.2) is 15.7 Å². The molecule has 1 unspecified atom stereocenters. The van der Waals surface area contributed by atoms with Gasteiger partial charge in [-0.05, 0) is 18.6 Å². The summed E-state index contributed by atoms with van der Waals surface area (Å²) in [5.41, 5.74) is 7.21. The van der Waals surface area contributed by atoms with Gasteiger partial charge in [-0.3, -0.25) is 9.48 Å². The minimum atomic E-state index is -1.16. The third kappa shape index (κ3) is 3.43. The van der Waals surface area contributed by atoms with Crippen LogP contribution in [0, 0.1) is 0 Å². The van der Waals surface area contributed by atoms with Gasteiger partial charge < -0.3 is 11.1 Å². The first-order valence-corrected chi connectivity index (χ1v) is 9.01. The van der Waals surface area contributed by atoms with Crippen LogP contribution in [0.25, 0.3) is 11.3 Å². The fourth-order valence-electron chi connectivity index (χ4n) is 2.46. The van der Waals surface area contributed by atoms with Gasteiger partial charge in [0, 0.05) is 12.6 Å². The van der Waals surface area contributed by atoms with Gasteiger partial charge in [-0.2, -0.15) is 5.10 Å². The molecule has 0 saturated heterocycles. The number of aryl methyl sites for hydroxylation is 1. The lowest BCUT2D eigenvalue weighted by Gasteiger charge is -2.23. The molecule has 3 aromatic rings. The summed E-state index contributed by atoms with van der Waals surface area (Å²) in [6, 6.07) is 11.0. The number of hydrogen-bond acceptors (Lipinski definition) is 4. The smallest absolute Gasteiger partial charge is 0.249 e. The molecule has 1 amide bonds. The van der Waals surface area contributed by atoms with Crippen LogP contribution in [0.4, 0.5) is 5.00 Å². The summed E-state index contributed by atoms with van der Waals surface area (Å²) < 4.78 is 2.15. The van der Waals surface area contributed by atoms with Gasteiger partial charge in [-0.25, -0.2) is 0 Å². The molecule has 1 atom stereocenters. The largest absolute Gasteiger partial charge is 0.316 e. The number of halogens is 2. The molecule has 25 heavy (non-hydrogen) atoms. The van der Waals surface area contributed by atoms with Crippen LogP contribution in [0.1, 0.15) is 12.5 Å². The average Bonchev–Trinajstić information content (AvgIpc) is 3.10. The van der Waals surface area contributed by atoms with Crippen LogP contribution in [-0.2, 0) is 17.4 Å². The van der Waals surface area contributed by atoms with Gasteiger partial charge in [0.15, 0.2) is 0 Å². The second-order valence-corrected chi connectivity index (χ2v) is 7.85. The van der Waals surface area contributed by atoms with Crippen LogP contribution >= 0.6 is 34.5 Å². The number of aromatic nitrogens is 2. The zero-order valence-corrected chi connectivity index (χ0v) is 15.9. The molecule has 130 valence electrons. The Bertz CT molecular complexity index is 899. The molecule has 0 radical (unpaired) electrons. The van der Waals surface area contributed by atoms with Crippen LogP contribution in [0.15, 0.2) is 42.6 Å². The molecule has 3 N–H and O–H groups in total. The van der Waals surface area contributed by atoms with Gasteiger partial charge in [-0.1, -0.05) is 53.5 Å². The monoisotopic (exact) mass is 394 g/mol. The molecule has 3 rings (SSSR count). The first kappa shape index (κ1) is 17.9. The maximum Gasteiger partial charge on any atom is 0.249 e. The highest BCUT2D eigenvalue weighted by molar-refractivity contribution is 7.20. The third-order valence-corrected chi connectivity index (χ3v) is 5.47. The van der Waals surface area contributed by atoms with Gasteiger partial charge >= 0.3 is 0 Å². The lowest BCUT2D eigenvalue weighted by atomic mass is 9.92. The molecular weight excluding hydrogens is 379 g/mol. The molecule has 8 heteroatoms. The van der Waals surface area contributed by atoms with Gasteiger partial charge in [-0.15, -0.1) is 11.3 Å². The van der Waals surface area contributed by atoms with Crippen molar-refractivity contribution in [3.05, 3.63) is 57.5 Å². The molecule has 0 fully saturated rings. The Kier molecular flexibility index (Phi) is 4.88. The standard InChI is InChI=1S/C17H16Cl2N4OS/c1-17(20,10-6-4-3-5-7-10)16(24)22-13-8-11(15(19)25-13)14-12(18)9-21-23(14)2/h3-9H,20H2,1-2H3,(H,22,24). The van der Waals surface area contributed by atoms with Gasteiger partial charge in [0.2, 0.25) is 5.91 Å². The number of nitrogens with two attached hydrogens (primary N) is 1. The summed E-state index contributed by atoms with van der Waals surface area (Å²) in [7, 11) is 1.78. The van der Waals surface area contributed by atoms with Crippen molar-refractivity contribution < 1.29 is 4.79 Å². The number of nitrogens with one attached hydrogen (secondary N) is 1. The second-order valence-electron chi connectivity index (χ2n) is 5.79. The van der Waals surface area contributed by atoms with E-state index in [0.717, 1.165) is 5.56 Å². The Morgan fingerprint density at radius 3 is 2.60 bits per heavy atom. The lowest BCUT2D eigenvalue weighted by Crippen LogP contribution is -2.45. The summed E-state index contributed by atoms with van der Waals surface area (Å²) in [5, 5.41) is 8.03. The van der Waals surface area contributed by atoms with E-state index in [1.54, 1.807) is 30.9 Å². The van der Waals surface area contributed by atoms with Crippen LogP contribution in [0.2, 0.25) is 9.36 Å². The Morgan fingerprint density at radius 2 is 2.00 bits per heavy atom. The molecule has 1 aromatic carbocycles. The number of thiophene rings is 1. The topological polar surface area (TPSA) is 72.9 Å². The molecular formula is C17H16Cl2N4OS.